The van der Waals surface area contributed by atoms with Crippen LogP contribution in [0.1, 0.15) is 0 Å². The average molecular weight is 330 g/mol. The summed E-state index contributed by atoms with van der Waals surface area (Å²) >= 11 is 0. The molecule has 24 heavy (non-hydrogen) atoms. The van der Waals surface area contributed by atoms with Crippen molar-refractivity contribution in [2.75, 3.05) is 52.3 Å². The molecule has 1 aliphatic heterocycles. The molecule has 0 saturated carbocycles. The standard InChI is InChI=1S/C17H22N4O3/c1-22-14-5-3-2-4-13(14)16-17(18)20-15(12-19-16)24-11-8-21-6-9-23-10-7-21/h2-5,12H,6-11H2,1H3,(H2,18,20). The summed E-state index contributed by atoms with van der Waals surface area (Å²) in [5, 5.41) is 0. The van der Waals surface area contributed by atoms with Crippen molar-refractivity contribution in [1.82, 2.24) is 14.9 Å². The van der Waals surface area contributed by atoms with Crippen molar-refractivity contribution in [2.24, 2.45) is 0 Å². The molecule has 1 aromatic carbocycles. The van der Waals surface area contributed by atoms with Crippen LogP contribution >= 0.6 is 0 Å². The van der Waals surface area contributed by atoms with Crippen molar-refractivity contribution in [3.8, 4) is 22.9 Å². The molecule has 128 valence electrons. The maximum absolute atomic E-state index is 6.06. The van der Waals surface area contributed by atoms with E-state index >= 15 is 0 Å². The average Bonchev–Trinajstić information content (AvgIpc) is 2.63. The summed E-state index contributed by atoms with van der Waals surface area (Å²) in [6, 6.07) is 7.57. The fraction of sp³-hybridized carbons (Fsp3) is 0.412. The van der Waals surface area contributed by atoms with Crippen LogP contribution < -0.4 is 15.2 Å². The molecule has 1 aliphatic rings. The van der Waals surface area contributed by atoms with Crippen molar-refractivity contribution >= 4 is 5.82 Å². The van der Waals surface area contributed by atoms with E-state index in [4.69, 9.17) is 19.9 Å². The third-order valence-corrected chi connectivity index (χ3v) is 3.90. The Morgan fingerprint density at radius 3 is 2.79 bits per heavy atom. The minimum atomic E-state index is 0.323. The lowest BCUT2D eigenvalue weighted by Crippen LogP contribution is -2.38. The van der Waals surface area contributed by atoms with E-state index in [0.29, 0.717) is 29.7 Å². The van der Waals surface area contributed by atoms with Crippen LogP contribution in [0.3, 0.4) is 0 Å². The molecule has 2 heterocycles. The van der Waals surface area contributed by atoms with Gasteiger partial charge >= 0.3 is 0 Å². The predicted molar refractivity (Wildman–Crippen MR) is 91.2 cm³/mol. The molecular formula is C17H22N4O3. The van der Waals surface area contributed by atoms with Crippen molar-refractivity contribution < 1.29 is 14.2 Å². The Kier molecular flexibility index (Phi) is 5.45. The summed E-state index contributed by atoms with van der Waals surface area (Å²) in [7, 11) is 1.62. The van der Waals surface area contributed by atoms with Crippen LogP contribution in [0.15, 0.2) is 30.5 Å². The molecule has 0 atom stereocenters. The first-order chi connectivity index (χ1) is 11.8. The fourth-order valence-corrected chi connectivity index (χ4v) is 2.61. The van der Waals surface area contributed by atoms with E-state index in [1.807, 2.05) is 24.3 Å². The largest absolute Gasteiger partial charge is 0.496 e. The van der Waals surface area contributed by atoms with E-state index in [-0.39, 0.29) is 0 Å². The molecular weight excluding hydrogens is 308 g/mol. The lowest BCUT2D eigenvalue weighted by atomic mass is 10.1. The molecule has 0 radical (unpaired) electrons. The number of nitrogen functional groups attached to an aromatic ring is 1. The molecule has 2 aromatic rings. The molecule has 7 heteroatoms. The van der Waals surface area contributed by atoms with Gasteiger partial charge in [-0.1, -0.05) is 12.1 Å². The third kappa shape index (κ3) is 3.93. The number of anilines is 1. The number of para-hydroxylation sites is 1. The van der Waals surface area contributed by atoms with E-state index in [1.165, 1.54) is 0 Å². The quantitative estimate of drug-likeness (QED) is 0.858. The summed E-state index contributed by atoms with van der Waals surface area (Å²) in [4.78, 5) is 11.0. The van der Waals surface area contributed by atoms with Gasteiger partial charge in [0.1, 0.15) is 18.1 Å². The fourth-order valence-electron chi connectivity index (χ4n) is 2.61. The summed E-state index contributed by atoms with van der Waals surface area (Å²) < 4.78 is 16.3. The van der Waals surface area contributed by atoms with Gasteiger partial charge in [-0.3, -0.25) is 4.90 Å². The Hall–Kier alpha value is -2.38. The number of benzene rings is 1. The SMILES string of the molecule is COc1ccccc1-c1ncc(OCCN2CCOCC2)nc1N. The third-order valence-electron chi connectivity index (χ3n) is 3.90. The minimum absolute atomic E-state index is 0.323. The molecule has 1 saturated heterocycles. The highest BCUT2D eigenvalue weighted by atomic mass is 16.5. The Bertz CT molecular complexity index is 675. The first-order valence-corrected chi connectivity index (χ1v) is 7.96. The molecule has 1 fully saturated rings. The van der Waals surface area contributed by atoms with E-state index < -0.39 is 0 Å². The number of rotatable bonds is 6. The van der Waals surface area contributed by atoms with E-state index in [1.54, 1.807) is 13.3 Å². The molecule has 0 amide bonds. The first kappa shape index (κ1) is 16.5. The Morgan fingerprint density at radius 1 is 1.25 bits per heavy atom. The summed E-state index contributed by atoms with van der Waals surface area (Å²) in [5.41, 5.74) is 7.46. The second kappa shape index (κ2) is 7.94. The van der Waals surface area contributed by atoms with E-state index in [0.717, 1.165) is 38.4 Å². The predicted octanol–water partition coefficient (Wildman–Crippen LogP) is 1.45. The number of ether oxygens (including phenoxy) is 3. The van der Waals surface area contributed by atoms with Crippen LogP contribution in [-0.2, 0) is 4.74 Å². The van der Waals surface area contributed by atoms with Gasteiger partial charge in [0.05, 0.1) is 26.5 Å². The van der Waals surface area contributed by atoms with Gasteiger partial charge in [-0.05, 0) is 12.1 Å². The number of morpholine rings is 1. The summed E-state index contributed by atoms with van der Waals surface area (Å²) in [6.45, 7) is 4.80. The van der Waals surface area contributed by atoms with Gasteiger partial charge < -0.3 is 19.9 Å². The highest BCUT2D eigenvalue weighted by Gasteiger charge is 2.13. The molecule has 0 aliphatic carbocycles. The molecule has 1 aromatic heterocycles. The second-order valence-electron chi connectivity index (χ2n) is 5.44. The Balaban J connectivity index is 1.64. The van der Waals surface area contributed by atoms with Gasteiger partial charge in [0, 0.05) is 25.2 Å². The van der Waals surface area contributed by atoms with Crippen LogP contribution in [0, 0.1) is 0 Å². The van der Waals surface area contributed by atoms with Crippen molar-refractivity contribution in [3.05, 3.63) is 30.5 Å². The summed E-state index contributed by atoms with van der Waals surface area (Å²) in [5.74, 6) is 1.46. The van der Waals surface area contributed by atoms with Crippen molar-refractivity contribution in [3.63, 3.8) is 0 Å². The number of hydrogen-bond acceptors (Lipinski definition) is 7. The highest BCUT2D eigenvalue weighted by molar-refractivity contribution is 5.75. The lowest BCUT2D eigenvalue weighted by Gasteiger charge is -2.26. The van der Waals surface area contributed by atoms with Gasteiger partial charge in [-0.2, -0.15) is 4.98 Å². The monoisotopic (exact) mass is 330 g/mol. The van der Waals surface area contributed by atoms with Crippen LogP contribution in [-0.4, -0.2) is 61.4 Å². The lowest BCUT2D eigenvalue weighted by molar-refractivity contribution is 0.0320. The number of aromatic nitrogens is 2. The van der Waals surface area contributed by atoms with Crippen LogP contribution in [0.2, 0.25) is 0 Å². The molecule has 0 spiro atoms. The van der Waals surface area contributed by atoms with E-state index in [9.17, 15) is 0 Å². The maximum Gasteiger partial charge on any atom is 0.234 e. The molecule has 0 bridgehead atoms. The summed E-state index contributed by atoms with van der Waals surface area (Å²) in [6.07, 6.45) is 1.59. The van der Waals surface area contributed by atoms with Crippen LogP contribution in [0.5, 0.6) is 11.6 Å². The number of hydrogen-bond donors (Lipinski definition) is 1. The molecule has 2 N–H and O–H groups in total. The van der Waals surface area contributed by atoms with Gasteiger partial charge in [0.25, 0.3) is 0 Å². The minimum Gasteiger partial charge on any atom is -0.496 e. The van der Waals surface area contributed by atoms with Gasteiger partial charge in [0.2, 0.25) is 5.88 Å². The zero-order valence-corrected chi connectivity index (χ0v) is 13.8. The van der Waals surface area contributed by atoms with Gasteiger partial charge in [0.15, 0.2) is 5.82 Å². The molecule has 3 rings (SSSR count). The van der Waals surface area contributed by atoms with Crippen LogP contribution in [0.25, 0.3) is 11.3 Å². The van der Waals surface area contributed by atoms with Crippen molar-refractivity contribution in [2.45, 2.75) is 0 Å². The molecule has 0 unspecified atom stereocenters. The highest BCUT2D eigenvalue weighted by Crippen LogP contribution is 2.31. The number of nitrogens with zero attached hydrogens (tertiary/aromatic N) is 3. The zero-order valence-electron chi connectivity index (χ0n) is 13.8. The first-order valence-electron chi connectivity index (χ1n) is 7.96. The number of methoxy groups -OCH3 is 1. The Labute approximate surface area is 141 Å². The topological polar surface area (TPSA) is 82.7 Å². The zero-order chi connectivity index (χ0) is 16.8. The molecule has 7 nitrogen and oxygen atoms in total. The second-order valence-corrected chi connectivity index (χ2v) is 5.44. The van der Waals surface area contributed by atoms with E-state index in [2.05, 4.69) is 14.9 Å². The van der Waals surface area contributed by atoms with Crippen LogP contribution in [0.4, 0.5) is 5.82 Å². The van der Waals surface area contributed by atoms with Crippen molar-refractivity contribution in [1.29, 1.82) is 0 Å². The number of nitrogens with two attached hydrogens (primary N) is 1. The normalized spacial score (nSPS) is 15.2. The smallest absolute Gasteiger partial charge is 0.234 e. The maximum atomic E-state index is 6.06. The van der Waals surface area contributed by atoms with Gasteiger partial charge in [-0.25, -0.2) is 4.98 Å². The Morgan fingerprint density at radius 2 is 2.04 bits per heavy atom. The van der Waals surface area contributed by atoms with Gasteiger partial charge in [-0.15, -0.1) is 0 Å².